The van der Waals surface area contributed by atoms with E-state index >= 15 is 0 Å². The van der Waals surface area contributed by atoms with Crippen molar-refractivity contribution in [1.29, 1.82) is 5.26 Å². The Morgan fingerprint density at radius 2 is 1.79 bits per heavy atom. The Bertz CT molecular complexity index is 736. The number of nitrogens with zero attached hydrogens (tertiary/aromatic N) is 1. The van der Waals surface area contributed by atoms with Gasteiger partial charge in [0.25, 0.3) is 5.91 Å². The van der Waals surface area contributed by atoms with Gasteiger partial charge in [-0.1, -0.05) is 42.5 Å². The lowest BCUT2D eigenvalue weighted by molar-refractivity contribution is -0.156. The molecule has 0 heterocycles. The van der Waals surface area contributed by atoms with Gasteiger partial charge in [-0.15, -0.1) is 0 Å². The van der Waals surface area contributed by atoms with Crippen LogP contribution in [0.4, 0.5) is 5.69 Å². The highest BCUT2D eigenvalue weighted by Crippen LogP contribution is 2.14. The van der Waals surface area contributed by atoms with E-state index < -0.39 is 24.6 Å². The Hall–Kier alpha value is -3.17. The van der Waals surface area contributed by atoms with Crippen LogP contribution in [0.5, 0.6) is 0 Å². The Kier molecular flexibility index (Phi) is 6.06. The number of hydrogen-bond acceptors (Lipinski definition) is 5. The normalized spacial score (nSPS) is 11.2. The fourth-order valence-corrected chi connectivity index (χ4v) is 1.98. The van der Waals surface area contributed by atoms with Gasteiger partial charge < -0.3 is 15.2 Å². The van der Waals surface area contributed by atoms with Crippen molar-refractivity contribution in [3.63, 3.8) is 0 Å². The first-order valence-corrected chi connectivity index (χ1v) is 7.25. The summed E-state index contributed by atoms with van der Waals surface area (Å²) in [6, 6.07) is 17.1. The molecule has 122 valence electrons. The molecule has 2 aromatic rings. The summed E-state index contributed by atoms with van der Waals surface area (Å²) in [7, 11) is 0. The Labute approximate surface area is 139 Å². The van der Waals surface area contributed by atoms with Crippen LogP contribution in [0.15, 0.2) is 54.6 Å². The summed E-state index contributed by atoms with van der Waals surface area (Å²) in [5, 5.41) is 21.0. The molecule has 0 spiro atoms. The number of hydrogen-bond donors (Lipinski definition) is 2. The van der Waals surface area contributed by atoms with Crippen molar-refractivity contribution in [2.24, 2.45) is 0 Å². The van der Waals surface area contributed by atoms with E-state index in [0.717, 1.165) is 5.56 Å². The quantitative estimate of drug-likeness (QED) is 0.791. The summed E-state index contributed by atoms with van der Waals surface area (Å²) < 4.78 is 4.81. The monoisotopic (exact) mass is 324 g/mol. The molecular weight excluding hydrogens is 308 g/mol. The fraction of sp³-hybridized carbons (Fsp3) is 0.167. The third-order valence-corrected chi connectivity index (χ3v) is 3.20. The minimum Gasteiger partial charge on any atom is -0.453 e. The molecule has 1 amide bonds. The Balaban J connectivity index is 1.82. The van der Waals surface area contributed by atoms with Crippen molar-refractivity contribution in [3.05, 3.63) is 65.7 Å². The summed E-state index contributed by atoms with van der Waals surface area (Å²) in [5.74, 6) is -1.41. The van der Waals surface area contributed by atoms with Gasteiger partial charge in [0.05, 0.1) is 12.5 Å². The molecule has 2 aromatic carbocycles. The zero-order chi connectivity index (χ0) is 17.4. The minimum absolute atomic E-state index is 0.295. The first kappa shape index (κ1) is 17.2. The van der Waals surface area contributed by atoms with Crippen LogP contribution in [0.25, 0.3) is 0 Å². The number of carbonyl (C=O) groups is 2. The maximum absolute atomic E-state index is 11.8. The molecule has 0 aromatic heterocycles. The molecule has 0 saturated heterocycles. The van der Waals surface area contributed by atoms with Crippen LogP contribution in [-0.4, -0.2) is 23.6 Å². The van der Waals surface area contributed by atoms with Crippen LogP contribution < -0.4 is 5.32 Å². The van der Waals surface area contributed by atoms with E-state index in [4.69, 9.17) is 10.00 Å². The third-order valence-electron chi connectivity index (χ3n) is 3.20. The second-order valence-corrected chi connectivity index (χ2v) is 5.00. The molecule has 0 bridgehead atoms. The summed E-state index contributed by atoms with van der Waals surface area (Å²) in [6.07, 6.45) is -1.13. The molecule has 0 aliphatic rings. The van der Waals surface area contributed by atoms with Crippen LogP contribution in [0.2, 0.25) is 0 Å². The average Bonchev–Trinajstić information content (AvgIpc) is 2.61. The van der Waals surface area contributed by atoms with Crippen LogP contribution in [0.3, 0.4) is 0 Å². The maximum atomic E-state index is 11.8. The zero-order valence-corrected chi connectivity index (χ0v) is 12.8. The number of ether oxygens (including phenoxy) is 1. The van der Waals surface area contributed by atoms with Crippen LogP contribution in [0, 0.1) is 11.3 Å². The van der Waals surface area contributed by atoms with Gasteiger partial charge in [0.15, 0.2) is 12.7 Å². The first-order chi connectivity index (χ1) is 11.6. The summed E-state index contributed by atoms with van der Waals surface area (Å²) in [5.41, 5.74) is 1.77. The zero-order valence-electron chi connectivity index (χ0n) is 12.8. The van der Waals surface area contributed by atoms with Gasteiger partial charge in [-0.3, -0.25) is 4.79 Å². The topological polar surface area (TPSA) is 99.4 Å². The molecule has 6 heteroatoms. The van der Waals surface area contributed by atoms with Crippen molar-refractivity contribution in [2.45, 2.75) is 12.5 Å². The number of esters is 1. The second kappa shape index (κ2) is 8.46. The summed E-state index contributed by atoms with van der Waals surface area (Å²) in [4.78, 5) is 23.5. The highest BCUT2D eigenvalue weighted by molar-refractivity contribution is 5.93. The van der Waals surface area contributed by atoms with Crippen molar-refractivity contribution >= 4 is 17.6 Å². The number of nitriles is 1. The standard InChI is InChI=1S/C18H16N2O4/c19-11-10-13-6-8-15(9-7-13)20-16(21)12-24-18(23)17(22)14-4-2-1-3-5-14/h1-9,17,22H,10,12H2,(H,20,21)/t17-/m1/s1. The lowest BCUT2D eigenvalue weighted by Crippen LogP contribution is -2.23. The number of carbonyl (C=O) groups excluding carboxylic acids is 2. The first-order valence-electron chi connectivity index (χ1n) is 7.25. The molecule has 0 fully saturated rings. The number of aliphatic hydroxyl groups is 1. The Morgan fingerprint density at radius 1 is 1.12 bits per heavy atom. The highest BCUT2D eigenvalue weighted by atomic mass is 16.5. The molecule has 6 nitrogen and oxygen atoms in total. The number of anilines is 1. The summed E-state index contributed by atoms with van der Waals surface area (Å²) >= 11 is 0. The number of nitrogens with one attached hydrogen (secondary N) is 1. The van der Waals surface area contributed by atoms with Crippen LogP contribution in [-0.2, 0) is 20.7 Å². The maximum Gasteiger partial charge on any atom is 0.340 e. The number of rotatable bonds is 6. The number of aliphatic hydroxyl groups excluding tert-OH is 1. The van der Waals surface area contributed by atoms with Gasteiger partial charge in [-0.05, 0) is 23.3 Å². The number of amides is 1. The molecule has 24 heavy (non-hydrogen) atoms. The van der Waals surface area contributed by atoms with E-state index in [1.54, 1.807) is 54.6 Å². The van der Waals surface area contributed by atoms with Gasteiger partial charge in [0, 0.05) is 5.69 Å². The van der Waals surface area contributed by atoms with Gasteiger partial charge in [0.1, 0.15) is 0 Å². The molecule has 2 N–H and O–H groups in total. The number of benzene rings is 2. The minimum atomic E-state index is -1.43. The van der Waals surface area contributed by atoms with Gasteiger partial charge >= 0.3 is 5.97 Å². The van der Waals surface area contributed by atoms with Crippen molar-refractivity contribution < 1.29 is 19.4 Å². The lowest BCUT2D eigenvalue weighted by Gasteiger charge is -2.11. The van der Waals surface area contributed by atoms with Crippen LogP contribution in [0.1, 0.15) is 17.2 Å². The third kappa shape index (κ3) is 4.93. The van der Waals surface area contributed by atoms with E-state index in [0.29, 0.717) is 17.7 Å². The molecular formula is C18H16N2O4. The highest BCUT2D eigenvalue weighted by Gasteiger charge is 2.19. The second-order valence-electron chi connectivity index (χ2n) is 5.00. The van der Waals surface area contributed by atoms with Gasteiger partial charge in [-0.25, -0.2) is 4.79 Å². The fourth-order valence-electron chi connectivity index (χ4n) is 1.98. The van der Waals surface area contributed by atoms with E-state index in [2.05, 4.69) is 5.32 Å². The van der Waals surface area contributed by atoms with E-state index in [1.807, 2.05) is 6.07 Å². The Morgan fingerprint density at radius 3 is 2.42 bits per heavy atom. The van der Waals surface area contributed by atoms with Crippen LogP contribution >= 0.6 is 0 Å². The average molecular weight is 324 g/mol. The molecule has 0 aliphatic heterocycles. The SMILES string of the molecule is N#CCc1ccc(NC(=O)COC(=O)[C@H](O)c2ccccc2)cc1. The lowest BCUT2D eigenvalue weighted by atomic mass is 10.1. The molecule has 0 aliphatic carbocycles. The smallest absolute Gasteiger partial charge is 0.340 e. The van der Waals surface area contributed by atoms with Crippen molar-refractivity contribution in [1.82, 2.24) is 0 Å². The molecule has 1 atom stereocenters. The van der Waals surface area contributed by atoms with E-state index in [1.165, 1.54) is 0 Å². The molecule has 0 radical (unpaired) electrons. The predicted octanol–water partition coefficient (Wildman–Crippen LogP) is 1.97. The molecule has 0 unspecified atom stereocenters. The van der Waals surface area contributed by atoms with Gasteiger partial charge in [-0.2, -0.15) is 5.26 Å². The molecule has 2 rings (SSSR count). The van der Waals surface area contributed by atoms with E-state index in [9.17, 15) is 14.7 Å². The van der Waals surface area contributed by atoms with Crippen molar-refractivity contribution in [2.75, 3.05) is 11.9 Å². The summed E-state index contributed by atoms with van der Waals surface area (Å²) in [6.45, 7) is -0.497. The van der Waals surface area contributed by atoms with Crippen molar-refractivity contribution in [3.8, 4) is 6.07 Å². The largest absolute Gasteiger partial charge is 0.453 e. The van der Waals surface area contributed by atoms with E-state index in [-0.39, 0.29) is 0 Å². The van der Waals surface area contributed by atoms with Gasteiger partial charge in [0.2, 0.25) is 0 Å². The molecule has 0 saturated carbocycles. The predicted molar refractivity (Wildman–Crippen MR) is 86.7 cm³/mol.